The molecule has 0 saturated heterocycles. The van der Waals surface area contributed by atoms with Gasteiger partial charge in [0.15, 0.2) is 0 Å². The van der Waals surface area contributed by atoms with Crippen LogP contribution in [0.15, 0.2) is 66.9 Å². The van der Waals surface area contributed by atoms with Crippen LogP contribution in [0.4, 0.5) is 11.4 Å². The van der Waals surface area contributed by atoms with Gasteiger partial charge >= 0.3 is 0 Å². The van der Waals surface area contributed by atoms with Gasteiger partial charge in [0.05, 0.1) is 5.52 Å². The average Bonchev–Trinajstić information content (AvgIpc) is 3.17. The number of nitrogens with one attached hydrogen (secondary N) is 2. The highest BCUT2D eigenvalue weighted by Gasteiger charge is 2.04. The molecule has 0 aliphatic rings. The molecular formula is C22H22Cl2N4S. The van der Waals surface area contributed by atoms with E-state index in [2.05, 4.69) is 39.9 Å². The molecule has 0 bridgehead atoms. The average molecular weight is 445 g/mol. The summed E-state index contributed by atoms with van der Waals surface area (Å²) in [6.45, 7) is 2.55. The number of fused-ring (bicyclic) bond motifs is 1. The molecule has 2 aromatic heterocycles. The van der Waals surface area contributed by atoms with Gasteiger partial charge in [-0.05, 0) is 54.1 Å². The molecule has 0 radical (unpaired) electrons. The van der Waals surface area contributed by atoms with Gasteiger partial charge in [0, 0.05) is 57.4 Å². The number of pyridine rings is 1. The third kappa shape index (κ3) is 5.40. The summed E-state index contributed by atoms with van der Waals surface area (Å²) >= 11 is 7.85. The normalized spacial score (nSPS) is 10.7. The summed E-state index contributed by atoms with van der Waals surface area (Å²) in [5.74, 6) is 0. The van der Waals surface area contributed by atoms with E-state index in [0.717, 1.165) is 41.9 Å². The number of nitrogen functional groups attached to an aromatic ring is 1. The molecule has 4 aromatic rings. The summed E-state index contributed by atoms with van der Waals surface area (Å²) < 4.78 is 0. The smallest absolute Gasteiger partial charge is 0.0737 e. The molecule has 0 aliphatic carbocycles. The lowest BCUT2D eigenvalue weighted by Crippen LogP contribution is -2.21. The van der Waals surface area contributed by atoms with Crippen LogP contribution in [-0.4, -0.2) is 18.1 Å². The molecule has 29 heavy (non-hydrogen) atoms. The molecule has 0 spiro atoms. The molecule has 4 N–H and O–H groups in total. The first-order valence-electron chi connectivity index (χ1n) is 9.12. The Morgan fingerprint density at radius 3 is 2.62 bits per heavy atom. The highest BCUT2D eigenvalue weighted by Crippen LogP contribution is 2.28. The van der Waals surface area contributed by atoms with Crippen molar-refractivity contribution in [2.45, 2.75) is 6.54 Å². The van der Waals surface area contributed by atoms with Crippen molar-refractivity contribution in [1.82, 2.24) is 10.3 Å². The first-order valence-corrected chi connectivity index (χ1v) is 10.3. The van der Waals surface area contributed by atoms with E-state index >= 15 is 0 Å². The van der Waals surface area contributed by atoms with Crippen LogP contribution in [-0.2, 0) is 6.54 Å². The molecule has 0 aliphatic heterocycles. The van der Waals surface area contributed by atoms with Crippen LogP contribution in [0.3, 0.4) is 0 Å². The number of anilines is 2. The second-order valence-corrected chi connectivity index (χ2v) is 8.12. The van der Waals surface area contributed by atoms with Gasteiger partial charge in [0.25, 0.3) is 0 Å². The van der Waals surface area contributed by atoms with Gasteiger partial charge in [-0.25, -0.2) is 0 Å². The molecule has 0 atom stereocenters. The third-order valence-corrected chi connectivity index (χ3v) is 5.85. The van der Waals surface area contributed by atoms with Gasteiger partial charge in [-0.2, -0.15) is 0 Å². The second-order valence-electron chi connectivity index (χ2n) is 6.51. The van der Waals surface area contributed by atoms with E-state index in [1.165, 1.54) is 15.3 Å². The number of halogens is 2. The molecule has 0 fully saturated rings. The number of hydrogen-bond donors (Lipinski definition) is 3. The summed E-state index contributed by atoms with van der Waals surface area (Å²) in [5, 5.41) is 8.75. The number of thiophene rings is 1. The largest absolute Gasteiger partial charge is 0.399 e. The van der Waals surface area contributed by atoms with Crippen molar-refractivity contribution in [2.24, 2.45) is 0 Å². The van der Waals surface area contributed by atoms with Crippen LogP contribution in [0.2, 0.25) is 5.02 Å². The zero-order valence-electron chi connectivity index (χ0n) is 15.7. The van der Waals surface area contributed by atoms with Crippen LogP contribution in [0, 0.1) is 0 Å². The number of aromatic nitrogens is 1. The third-order valence-electron chi connectivity index (χ3n) is 4.48. The number of hydrogen-bond acceptors (Lipinski definition) is 5. The van der Waals surface area contributed by atoms with Gasteiger partial charge in [-0.3, -0.25) is 4.98 Å². The second kappa shape index (κ2) is 9.94. The fourth-order valence-electron chi connectivity index (χ4n) is 3.05. The lowest BCUT2D eigenvalue weighted by molar-refractivity contribution is 0.714. The van der Waals surface area contributed by atoms with Crippen molar-refractivity contribution in [3.8, 4) is 10.4 Å². The van der Waals surface area contributed by atoms with E-state index in [4.69, 9.17) is 17.3 Å². The van der Waals surface area contributed by atoms with Crippen LogP contribution in [0.5, 0.6) is 0 Å². The summed E-state index contributed by atoms with van der Waals surface area (Å²) in [6.07, 6.45) is 1.80. The highest BCUT2D eigenvalue weighted by atomic mass is 35.5. The molecule has 150 valence electrons. The molecule has 2 heterocycles. The van der Waals surface area contributed by atoms with Gasteiger partial charge in [-0.15, -0.1) is 23.7 Å². The number of benzene rings is 2. The molecule has 7 heteroatoms. The Bertz CT molecular complexity index is 1080. The zero-order valence-corrected chi connectivity index (χ0v) is 18.1. The van der Waals surface area contributed by atoms with Crippen molar-refractivity contribution < 1.29 is 0 Å². The summed E-state index contributed by atoms with van der Waals surface area (Å²) in [4.78, 5) is 6.95. The minimum atomic E-state index is 0. The van der Waals surface area contributed by atoms with Crippen LogP contribution in [0.25, 0.3) is 21.3 Å². The SMILES string of the molecule is Cl.Nc1ccc(-c2ccc(CNCCNc3ccnc4cc(Cl)ccc34)s2)cc1. The minimum absolute atomic E-state index is 0. The predicted molar refractivity (Wildman–Crippen MR) is 128 cm³/mol. The zero-order chi connectivity index (χ0) is 19.3. The van der Waals surface area contributed by atoms with Gasteiger partial charge in [0.2, 0.25) is 0 Å². The molecule has 2 aromatic carbocycles. The predicted octanol–water partition coefficient (Wildman–Crippen LogP) is 5.82. The van der Waals surface area contributed by atoms with Crippen LogP contribution >= 0.6 is 35.3 Å². The highest BCUT2D eigenvalue weighted by molar-refractivity contribution is 7.15. The van der Waals surface area contributed by atoms with Crippen molar-refractivity contribution in [2.75, 3.05) is 24.1 Å². The van der Waals surface area contributed by atoms with E-state index in [9.17, 15) is 0 Å². The Kier molecular flexibility index (Phi) is 7.34. The van der Waals surface area contributed by atoms with Crippen molar-refractivity contribution in [1.29, 1.82) is 0 Å². The van der Waals surface area contributed by atoms with E-state index < -0.39 is 0 Å². The van der Waals surface area contributed by atoms with E-state index in [0.29, 0.717) is 5.02 Å². The molecule has 4 nitrogen and oxygen atoms in total. The topological polar surface area (TPSA) is 63.0 Å². The Balaban J connectivity index is 0.00000240. The molecule has 0 amide bonds. The molecule has 0 unspecified atom stereocenters. The standard InChI is InChI=1S/C22H21ClN4S.ClH/c23-16-3-7-19-20(9-10-26-21(19)13-16)27-12-11-25-14-18-6-8-22(28-18)15-1-4-17(24)5-2-15;/h1-10,13,25H,11-12,14,24H2,(H,26,27);1H. The van der Waals surface area contributed by atoms with Gasteiger partial charge in [-0.1, -0.05) is 23.7 Å². The number of rotatable bonds is 7. The molecule has 0 saturated carbocycles. The van der Waals surface area contributed by atoms with Gasteiger partial charge in [0.1, 0.15) is 0 Å². The lowest BCUT2D eigenvalue weighted by Gasteiger charge is -2.10. The number of nitrogens with two attached hydrogens (primary N) is 1. The maximum atomic E-state index is 6.05. The van der Waals surface area contributed by atoms with E-state index in [-0.39, 0.29) is 12.4 Å². The van der Waals surface area contributed by atoms with Crippen LogP contribution in [0.1, 0.15) is 4.88 Å². The molecule has 4 rings (SSSR count). The minimum Gasteiger partial charge on any atom is -0.399 e. The quantitative estimate of drug-likeness (QED) is 0.248. The van der Waals surface area contributed by atoms with E-state index in [1.54, 1.807) is 17.5 Å². The Morgan fingerprint density at radius 1 is 0.966 bits per heavy atom. The monoisotopic (exact) mass is 444 g/mol. The van der Waals surface area contributed by atoms with Crippen molar-refractivity contribution in [3.05, 3.63) is 76.8 Å². The van der Waals surface area contributed by atoms with Crippen molar-refractivity contribution >= 4 is 57.6 Å². The van der Waals surface area contributed by atoms with Crippen LogP contribution < -0.4 is 16.4 Å². The Morgan fingerprint density at radius 2 is 1.79 bits per heavy atom. The first-order chi connectivity index (χ1) is 13.7. The summed E-state index contributed by atoms with van der Waals surface area (Å²) in [7, 11) is 0. The number of nitrogens with zero attached hydrogens (tertiary/aromatic N) is 1. The summed E-state index contributed by atoms with van der Waals surface area (Å²) in [6, 6.07) is 20.1. The molecular weight excluding hydrogens is 423 g/mol. The fourth-order valence-corrected chi connectivity index (χ4v) is 4.20. The maximum absolute atomic E-state index is 6.05. The lowest BCUT2D eigenvalue weighted by atomic mass is 10.2. The first kappa shape index (κ1) is 21.4. The summed E-state index contributed by atoms with van der Waals surface area (Å²) in [5.41, 5.74) is 9.73. The maximum Gasteiger partial charge on any atom is 0.0737 e. The van der Waals surface area contributed by atoms with Gasteiger partial charge < -0.3 is 16.4 Å². The fraction of sp³-hybridized carbons (Fsp3) is 0.136. The van der Waals surface area contributed by atoms with Crippen molar-refractivity contribution in [3.63, 3.8) is 0 Å². The Hall–Kier alpha value is -2.31. The Labute approximate surface area is 185 Å². The van der Waals surface area contributed by atoms with E-state index in [1.807, 2.05) is 36.4 Å².